The van der Waals surface area contributed by atoms with Crippen molar-refractivity contribution < 1.29 is 14.3 Å². The van der Waals surface area contributed by atoms with E-state index in [-0.39, 0.29) is 18.2 Å². The normalized spacial score (nSPS) is 29.1. The summed E-state index contributed by atoms with van der Waals surface area (Å²) in [6, 6.07) is 0. The van der Waals surface area contributed by atoms with Gasteiger partial charge in [-0.1, -0.05) is 0 Å². The van der Waals surface area contributed by atoms with Crippen molar-refractivity contribution in [1.82, 2.24) is 0 Å². The third-order valence-electron chi connectivity index (χ3n) is 1.52. The number of allylic oxidation sites excluding steroid dienone is 1. The Kier molecular flexibility index (Phi) is 1.81. The monoisotopic (exact) mass is 154 g/mol. The van der Waals surface area contributed by atoms with Crippen molar-refractivity contribution >= 4 is 11.8 Å². The highest BCUT2D eigenvalue weighted by Gasteiger charge is 2.31. The van der Waals surface area contributed by atoms with E-state index >= 15 is 0 Å². The maximum atomic E-state index is 10.8. The van der Waals surface area contributed by atoms with E-state index in [0.717, 1.165) is 0 Å². The smallest absolute Gasteiger partial charge is 0.303 e. The Labute approximate surface area is 65.0 Å². The van der Waals surface area contributed by atoms with Crippen LogP contribution < -0.4 is 0 Å². The number of carbonyl (C=O) groups is 2. The second-order valence-electron chi connectivity index (χ2n) is 2.88. The van der Waals surface area contributed by atoms with Gasteiger partial charge in [-0.15, -0.1) is 0 Å². The SMILES string of the molecule is CC(=O)OC1(C)C=CC(=O)C1. The molecule has 1 atom stereocenters. The molecular formula is C8H10O3. The van der Waals surface area contributed by atoms with E-state index in [9.17, 15) is 9.59 Å². The molecule has 0 aromatic rings. The third-order valence-corrected chi connectivity index (χ3v) is 1.52. The fourth-order valence-corrected chi connectivity index (χ4v) is 1.13. The number of rotatable bonds is 1. The zero-order chi connectivity index (χ0) is 8.48. The van der Waals surface area contributed by atoms with Gasteiger partial charge in [-0.05, 0) is 19.1 Å². The van der Waals surface area contributed by atoms with Gasteiger partial charge in [0.1, 0.15) is 5.60 Å². The molecule has 0 spiro atoms. The number of ether oxygens (including phenoxy) is 1. The Balaban J connectivity index is 2.63. The molecule has 0 saturated carbocycles. The van der Waals surface area contributed by atoms with E-state index in [1.165, 1.54) is 13.0 Å². The molecule has 0 fully saturated rings. The number of hydrogen-bond acceptors (Lipinski definition) is 3. The van der Waals surface area contributed by atoms with Crippen molar-refractivity contribution in [3.8, 4) is 0 Å². The summed E-state index contributed by atoms with van der Waals surface area (Å²) >= 11 is 0. The van der Waals surface area contributed by atoms with Crippen LogP contribution >= 0.6 is 0 Å². The predicted octanol–water partition coefficient (Wildman–Crippen LogP) is 0.837. The van der Waals surface area contributed by atoms with Crippen molar-refractivity contribution in [2.24, 2.45) is 0 Å². The minimum Gasteiger partial charge on any atom is -0.455 e. The first kappa shape index (κ1) is 7.98. The fourth-order valence-electron chi connectivity index (χ4n) is 1.13. The molecule has 0 aliphatic heterocycles. The lowest BCUT2D eigenvalue weighted by molar-refractivity contribution is -0.151. The molecule has 0 radical (unpaired) electrons. The molecule has 0 saturated heterocycles. The maximum absolute atomic E-state index is 10.8. The highest BCUT2D eigenvalue weighted by molar-refractivity contribution is 5.93. The molecule has 0 bridgehead atoms. The molecule has 0 aromatic heterocycles. The van der Waals surface area contributed by atoms with Crippen LogP contribution in [0.1, 0.15) is 20.3 Å². The van der Waals surface area contributed by atoms with Gasteiger partial charge in [0.25, 0.3) is 0 Å². The van der Waals surface area contributed by atoms with Gasteiger partial charge in [-0.25, -0.2) is 0 Å². The van der Waals surface area contributed by atoms with E-state index in [0.29, 0.717) is 0 Å². The summed E-state index contributed by atoms with van der Waals surface area (Å²) in [7, 11) is 0. The van der Waals surface area contributed by atoms with Crippen molar-refractivity contribution in [3.63, 3.8) is 0 Å². The number of carbonyl (C=O) groups excluding carboxylic acids is 2. The highest BCUT2D eigenvalue weighted by atomic mass is 16.6. The van der Waals surface area contributed by atoms with E-state index in [1.807, 2.05) is 0 Å². The van der Waals surface area contributed by atoms with Crippen molar-refractivity contribution in [1.29, 1.82) is 0 Å². The van der Waals surface area contributed by atoms with Gasteiger partial charge < -0.3 is 4.74 Å². The van der Waals surface area contributed by atoms with Crippen molar-refractivity contribution in [2.75, 3.05) is 0 Å². The summed E-state index contributed by atoms with van der Waals surface area (Å²) in [5, 5.41) is 0. The second-order valence-corrected chi connectivity index (χ2v) is 2.88. The molecule has 1 aliphatic carbocycles. The summed E-state index contributed by atoms with van der Waals surface area (Å²) in [6.45, 7) is 3.05. The summed E-state index contributed by atoms with van der Waals surface area (Å²) in [5.41, 5.74) is -0.692. The van der Waals surface area contributed by atoms with Gasteiger partial charge in [-0.3, -0.25) is 9.59 Å². The first-order chi connectivity index (χ1) is 5.02. The Morgan fingerprint density at radius 1 is 1.73 bits per heavy atom. The van der Waals surface area contributed by atoms with E-state index in [2.05, 4.69) is 0 Å². The molecule has 1 unspecified atom stereocenters. The molecule has 60 valence electrons. The number of ketones is 1. The molecule has 0 amide bonds. The highest BCUT2D eigenvalue weighted by Crippen LogP contribution is 2.23. The summed E-state index contributed by atoms with van der Waals surface area (Å²) in [4.78, 5) is 21.3. The lowest BCUT2D eigenvalue weighted by Crippen LogP contribution is -2.27. The predicted molar refractivity (Wildman–Crippen MR) is 38.9 cm³/mol. The van der Waals surface area contributed by atoms with Crippen LogP contribution in [-0.2, 0) is 14.3 Å². The van der Waals surface area contributed by atoms with Crippen molar-refractivity contribution in [3.05, 3.63) is 12.2 Å². The van der Waals surface area contributed by atoms with Gasteiger partial charge in [0.15, 0.2) is 5.78 Å². The Bertz CT molecular complexity index is 229. The molecule has 0 heterocycles. The average Bonchev–Trinajstić information content (AvgIpc) is 2.08. The zero-order valence-corrected chi connectivity index (χ0v) is 6.59. The van der Waals surface area contributed by atoms with Crippen LogP contribution in [0.3, 0.4) is 0 Å². The Morgan fingerprint density at radius 2 is 2.36 bits per heavy atom. The molecule has 0 aromatic carbocycles. The first-order valence-corrected chi connectivity index (χ1v) is 3.43. The topological polar surface area (TPSA) is 43.4 Å². The van der Waals surface area contributed by atoms with Gasteiger partial charge >= 0.3 is 5.97 Å². The summed E-state index contributed by atoms with van der Waals surface area (Å²) in [5.74, 6) is -0.347. The molecule has 3 nitrogen and oxygen atoms in total. The van der Waals surface area contributed by atoms with Gasteiger partial charge in [0.05, 0.1) is 6.42 Å². The molecule has 0 N–H and O–H groups in total. The van der Waals surface area contributed by atoms with Crippen LogP contribution in [0, 0.1) is 0 Å². The third kappa shape index (κ3) is 1.90. The number of hydrogen-bond donors (Lipinski definition) is 0. The summed E-state index contributed by atoms with van der Waals surface area (Å²) < 4.78 is 4.92. The van der Waals surface area contributed by atoms with Crippen molar-refractivity contribution in [2.45, 2.75) is 25.9 Å². The van der Waals surface area contributed by atoms with Gasteiger partial charge in [0, 0.05) is 6.92 Å². The molecular weight excluding hydrogens is 144 g/mol. The average molecular weight is 154 g/mol. The lowest BCUT2D eigenvalue weighted by atomic mass is 10.1. The van der Waals surface area contributed by atoms with Crippen LogP contribution in [0.25, 0.3) is 0 Å². The largest absolute Gasteiger partial charge is 0.455 e. The number of esters is 1. The Hall–Kier alpha value is -1.12. The van der Waals surface area contributed by atoms with Crippen LogP contribution in [-0.4, -0.2) is 17.4 Å². The van der Waals surface area contributed by atoms with Crippen LogP contribution in [0.5, 0.6) is 0 Å². The first-order valence-electron chi connectivity index (χ1n) is 3.43. The lowest BCUT2D eigenvalue weighted by Gasteiger charge is -2.20. The fraction of sp³-hybridized carbons (Fsp3) is 0.500. The van der Waals surface area contributed by atoms with E-state index in [4.69, 9.17) is 4.74 Å². The molecule has 11 heavy (non-hydrogen) atoms. The Morgan fingerprint density at radius 3 is 2.73 bits per heavy atom. The maximum Gasteiger partial charge on any atom is 0.303 e. The van der Waals surface area contributed by atoms with Crippen LogP contribution in [0.2, 0.25) is 0 Å². The van der Waals surface area contributed by atoms with Gasteiger partial charge in [-0.2, -0.15) is 0 Å². The second kappa shape index (κ2) is 2.49. The standard InChI is InChI=1S/C8H10O3/c1-6(9)11-8(2)4-3-7(10)5-8/h3-4H,5H2,1-2H3. The molecule has 3 heteroatoms. The molecule has 1 aliphatic rings. The molecule has 1 rings (SSSR count). The van der Waals surface area contributed by atoms with Gasteiger partial charge in [0.2, 0.25) is 0 Å². The van der Waals surface area contributed by atoms with E-state index < -0.39 is 5.60 Å². The summed E-state index contributed by atoms with van der Waals surface area (Å²) in [6.07, 6.45) is 3.34. The van der Waals surface area contributed by atoms with E-state index in [1.54, 1.807) is 13.0 Å². The minimum atomic E-state index is -0.692. The minimum absolute atomic E-state index is 0.00810. The quantitative estimate of drug-likeness (QED) is 0.525. The zero-order valence-electron chi connectivity index (χ0n) is 6.59. The van der Waals surface area contributed by atoms with Crippen LogP contribution in [0.4, 0.5) is 0 Å². The van der Waals surface area contributed by atoms with Crippen LogP contribution in [0.15, 0.2) is 12.2 Å².